The van der Waals surface area contributed by atoms with Gasteiger partial charge in [-0.05, 0) is 66.1 Å². The van der Waals surface area contributed by atoms with Gasteiger partial charge in [-0.15, -0.1) is 0 Å². The number of halogens is 1. The van der Waals surface area contributed by atoms with E-state index in [0.717, 1.165) is 27.5 Å². The second kappa shape index (κ2) is 7.33. The lowest BCUT2D eigenvalue weighted by Crippen LogP contribution is -2.10. The minimum absolute atomic E-state index is 0.0491. The van der Waals surface area contributed by atoms with Gasteiger partial charge in [0.2, 0.25) is 0 Å². The molecule has 0 atom stereocenters. The van der Waals surface area contributed by atoms with Gasteiger partial charge < -0.3 is 4.18 Å². The molecule has 0 radical (unpaired) electrons. The molecular weight excluding hydrogens is 387 g/mol. The predicted octanol–water partition coefficient (Wildman–Crippen LogP) is 6.03. The molecule has 4 aromatic rings. The average molecular weight is 406 g/mol. The normalized spacial score (nSPS) is 11.6. The molecule has 0 aliphatic rings. The summed E-state index contributed by atoms with van der Waals surface area (Å²) in [4.78, 5) is 0.0491. The van der Waals surface area contributed by atoms with E-state index in [-0.39, 0.29) is 10.6 Å². The van der Waals surface area contributed by atoms with Crippen LogP contribution in [0.2, 0.25) is 0 Å². The van der Waals surface area contributed by atoms with Crippen molar-refractivity contribution in [2.45, 2.75) is 18.7 Å². The summed E-state index contributed by atoms with van der Waals surface area (Å²) in [6.45, 7) is 3.78. The monoisotopic (exact) mass is 406 g/mol. The van der Waals surface area contributed by atoms with Crippen molar-refractivity contribution in [3.63, 3.8) is 0 Å². The highest BCUT2D eigenvalue weighted by Gasteiger charge is 2.21. The van der Waals surface area contributed by atoms with Crippen LogP contribution in [0.3, 0.4) is 0 Å². The zero-order valence-electron chi connectivity index (χ0n) is 16.0. The lowest BCUT2D eigenvalue weighted by molar-refractivity contribution is 0.486. The van der Waals surface area contributed by atoms with Crippen molar-refractivity contribution in [1.82, 2.24) is 0 Å². The molecule has 0 aliphatic heterocycles. The summed E-state index contributed by atoms with van der Waals surface area (Å²) < 4.78 is 45.3. The third-order valence-corrected chi connectivity index (χ3v) is 6.11. The van der Waals surface area contributed by atoms with E-state index in [1.54, 1.807) is 12.1 Å². The molecule has 0 spiro atoms. The Kier molecular flexibility index (Phi) is 4.84. The van der Waals surface area contributed by atoms with Crippen molar-refractivity contribution in [3.8, 4) is 16.9 Å². The summed E-state index contributed by atoms with van der Waals surface area (Å²) in [5.74, 6) is -0.376. The molecule has 0 fully saturated rings. The van der Waals surface area contributed by atoms with Crippen LogP contribution in [0.4, 0.5) is 4.39 Å². The minimum Gasteiger partial charge on any atom is -0.378 e. The molecule has 0 aliphatic carbocycles. The molecule has 0 heterocycles. The SMILES string of the molecule is Cc1ccc(S(=O)(=O)Oc2ccc(F)cc2-c2c(C)ccc3ccccc23)cc1. The largest absolute Gasteiger partial charge is 0.378 e. The van der Waals surface area contributed by atoms with Gasteiger partial charge in [0, 0.05) is 5.56 Å². The van der Waals surface area contributed by atoms with Gasteiger partial charge in [-0.1, -0.05) is 54.1 Å². The number of aryl methyl sites for hydroxylation is 2. The van der Waals surface area contributed by atoms with Gasteiger partial charge in [0.05, 0.1) is 0 Å². The van der Waals surface area contributed by atoms with Gasteiger partial charge in [0.1, 0.15) is 10.7 Å². The molecule has 4 aromatic carbocycles. The maximum Gasteiger partial charge on any atom is 0.339 e. The van der Waals surface area contributed by atoms with Crippen molar-refractivity contribution >= 4 is 20.9 Å². The molecule has 0 aromatic heterocycles. The van der Waals surface area contributed by atoms with Crippen LogP contribution in [0, 0.1) is 19.7 Å². The van der Waals surface area contributed by atoms with Crippen LogP contribution in [-0.4, -0.2) is 8.42 Å². The van der Waals surface area contributed by atoms with Crippen LogP contribution in [-0.2, 0) is 10.1 Å². The standard InChI is InChI=1S/C24H19FO3S/c1-16-7-12-20(13-8-16)29(26,27)28-23-14-11-19(25)15-22(23)24-17(2)9-10-18-5-3-4-6-21(18)24/h3-15H,1-2H3. The van der Waals surface area contributed by atoms with Gasteiger partial charge in [-0.2, -0.15) is 8.42 Å². The smallest absolute Gasteiger partial charge is 0.339 e. The molecule has 5 heteroatoms. The number of hydrogen-bond donors (Lipinski definition) is 0. The lowest BCUT2D eigenvalue weighted by atomic mass is 9.93. The van der Waals surface area contributed by atoms with E-state index < -0.39 is 15.9 Å². The molecule has 3 nitrogen and oxygen atoms in total. The first-order chi connectivity index (χ1) is 13.8. The Morgan fingerprint density at radius 2 is 1.55 bits per heavy atom. The fourth-order valence-electron chi connectivity index (χ4n) is 3.38. The third-order valence-electron chi connectivity index (χ3n) is 4.86. The quantitative estimate of drug-likeness (QED) is 0.389. The molecule has 0 amide bonds. The molecule has 0 unspecified atom stereocenters. The van der Waals surface area contributed by atoms with Crippen LogP contribution in [0.5, 0.6) is 5.75 Å². The molecule has 0 bridgehead atoms. The summed E-state index contributed by atoms with van der Waals surface area (Å²) in [6.07, 6.45) is 0. The van der Waals surface area contributed by atoms with E-state index in [1.165, 1.54) is 30.3 Å². The van der Waals surface area contributed by atoms with Gasteiger partial charge in [0.15, 0.2) is 5.75 Å². The molecule has 0 saturated heterocycles. The summed E-state index contributed by atoms with van der Waals surface area (Å²) in [5.41, 5.74) is 2.98. The average Bonchev–Trinajstić information content (AvgIpc) is 2.70. The van der Waals surface area contributed by atoms with Gasteiger partial charge in [0.25, 0.3) is 0 Å². The summed E-state index contributed by atoms with van der Waals surface area (Å²) >= 11 is 0. The number of rotatable bonds is 4. The van der Waals surface area contributed by atoms with Crippen LogP contribution in [0.1, 0.15) is 11.1 Å². The fraction of sp³-hybridized carbons (Fsp3) is 0.0833. The van der Waals surface area contributed by atoms with E-state index in [1.807, 2.05) is 50.2 Å². The van der Waals surface area contributed by atoms with Crippen LogP contribution in [0.15, 0.2) is 83.8 Å². The van der Waals surface area contributed by atoms with Crippen molar-refractivity contribution in [2.75, 3.05) is 0 Å². The fourth-order valence-corrected chi connectivity index (χ4v) is 4.33. The molecule has 0 N–H and O–H groups in total. The summed E-state index contributed by atoms with van der Waals surface area (Å²) in [6, 6.07) is 21.9. The number of benzene rings is 4. The van der Waals surface area contributed by atoms with Crippen molar-refractivity contribution in [2.24, 2.45) is 0 Å². The zero-order valence-corrected chi connectivity index (χ0v) is 16.8. The highest BCUT2D eigenvalue weighted by molar-refractivity contribution is 7.87. The second-order valence-corrected chi connectivity index (χ2v) is 8.52. The van der Waals surface area contributed by atoms with Crippen molar-refractivity contribution in [1.29, 1.82) is 0 Å². The molecule has 146 valence electrons. The molecular formula is C24H19FO3S. The predicted molar refractivity (Wildman–Crippen MR) is 113 cm³/mol. The second-order valence-electron chi connectivity index (χ2n) is 6.97. The van der Waals surface area contributed by atoms with Gasteiger partial charge in [-0.25, -0.2) is 4.39 Å². The van der Waals surface area contributed by atoms with Crippen LogP contribution in [0.25, 0.3) is 21.9 Å². The van der Waals surface area contributed by atoms with E-state index in [9.17, 15) is 12.8 Å². The van der Waals surface area contributed by atoms with E-state index >= 15 is 0 Å². The van der Waals surface area contributed by atoms with E-state index in [2.05, 4.69) is 0 Å². The number of hydrogen-bond acceptors (Lipinski definition) is 3. The minimum atomic E-state index is -4.06. The highest BCUT2D eigenvalue weighted by Crippen LogP contribution is 2.39. The van der Waals surface area contributed by atoms with Crippen molar-refractivity contribution < 1.29 is 17.0 Å². The van der Waals surface area contributed by atoms with E-state index in [0.29, 0.717) is 5.56 Å². The summed E-state index contributed by atoms with van der Waals surface area (Å²) in [7, 11) is -4.06. The Balaban J connectivity index is 1.89. The van der Waals surface area contributed by atoms with E-state index in [4.69, 9.17) is 4.18 Å². The van der Waals surface area contributed by atoms with Crippen LogP contribution >= 0.6 is 0 Å². The van der Waals surface area contributed by atoms with Gasteiger partial charge >= 0.3 is 10.1 Å². The molecule has 4 rings (SSSR count). The first kappa shape index (κ1) is 19.2. The molecule has 0 saturated carbocycles. The maximum atomic E-state index is 14.2. The Hall–Kier alpha value is -3.18. The Morgan fingerprint density at radius 1 is 0.828 bits per heavy atom. The lowest BCUT2D eigenvalue weighted by Gasteiger charge is -2.16. The first-order valence-corrected chi connectivity index (χ1v) is 10.6. The number of fused-ring (bicyclic) bond motifs is 1. The topological polar surface area (TPSA) is 43.4 Å². The van der Waals surface area contributed by atoms with Crippen LogP contribution < -0.4 is 4.18 Å². The Bertz CT molecular complexity index is 1310. The Labute approximate surface area is 169 Å². The van der Waals surface area contributed by atoms with Crippen molar-refractivity contribution in [3.05, 3.63) is 95.8 Å². The Morgan fingerprint density at radius 3 is 2.31 bits per heavy atom. The highest BCUT2D eigenvalue weighted by atomic mass is 32.2. The maximum absolute atomic E-state index is 14.2. The molecule has 29 heavy (non-hydrogen) atoms. The van der Waals surface area contributed by atoms with Gasteiger partial charge in [-0.3, -0.25) is 0 Å². The summed E-state index contributed by atoms with van der Waals surface area (Å²) in [5, 5.41) is 1.88. The third kappa shape index (κ3) is 3.74. The zero-order chi connectivity index (χ0) is 20.6. The first-order valence-electron chi connectivity index (χ1n) is 9.14.